The molecule has 1 fully saturated rings. The van der Waals surface area contributed by atoms with Crippen molar-refractivity contribution in [3.8, 4) is 0 Å². The van der Waals surface area contributed by atoms with Crippen LogP contribution in [0.2, 0.25) is 0 Å². The summed E-state index contributed by atoms with van der Waals surface area (Å²) in [5, 5.41) is 11.4. The molecule has 0 spiro atoms. The maximum atomic E-state index is 12.9. The standard InChI is InChI=1S/C30H29N5O2/c1-34-13-15-35(16-14-34)30(37)22-6-4-5-20(17-22)10-12-26(31)24-11-9-21(19-27(24)32)18-25-23-7-2-3-8-28(23)33-29(25)36/h2-12,17-19,31H,13-16,32H2,1H3,(H,33,36)/b12-10+,25-18+,31-26?. The average molecular weight is 492 g/mol. The summed E-state index contributed by atoms with van der Waals surface area (Å²) in [6, 6.07) is 20.4. The Balaban J connectivity index is 1.30. The van der Waals surface area contributed by atoms with Gasteiger partial charge >= 0.3 is 0 Å². The molecule has 186 valence electrons. The zero-order valence-electron chi connectivity index (χ0n) is 20.7. The molecule has 0 bridgehead atoms. The third-order valence-corrected chi connectivity index (χ3v) is 6.75. The molecule has 3 aromatic carbocycles. The number of para-hydroxylation sites is 1. The van der Waals surface area contributed by atoms with E-state index in [9.17, 15) is 9.59 Å². The highest BCUT2D eigenvalue weighted by Crippen LogP contribution is 2.33. The van der Waals surface area contributed by atoms with Gasteiger partial charge < -0.3 is 26.3 Å². The number of hydrogen-bond donors (Lipinski definition) is 3. The van der Waals surface area contributed by atoms with Crippen molar-refractivity contribution >= 4 is 46.6 Å². The zero-order valence-corrected chi connectivity index (χ0v) is 20.7. The van der Waals surface area contributed by atoms with Crippen LogP contribution in [0.3, 0.4) is 0 Å². The molecule has 2 aliphatic heterocycles. The van der Waals surface area contributed by atoms with Crippen LogP contribution in [-0.4, -0.2) is 60.6 Å². The third kappa shape index (κ3) is 5.22. The number of anilines is 2. The summed E-state index contributed by atoms with van der Waals surface area (Å²) in [6.45, 7) is 3.20. The predicted molar refractivity (Wildman–Crippen MR) is 150 cm³/mol. The first kappa shape index (κ1) is 24.2. The second-order valence-corrected chi connectivity index (χ2v) is 9.37. The number of piperazine rings is 1. The molecule has 0 saturated carbocycles. The second kappa shape index (κ2) is 10.2. The largest absolute Gasteiger partial charge is 0.398 e. The molecule has 7 heteroatoms. The molecular weight excluding hydrogens is 462 g/mol. The minimum absolute atomic E-state index is 0.0333. The van der Waals surface area contributed by atoms with Crippen molar-refractivity contribution in [2.24, 2.45) is 0 Å². The average Bonchev–Trinajstić information content (AvgIpc) is 3.22. The Bertz CT molecular complexity index is 1450. The molecule has 1 saturated heterocycles. The van der Waals surface area contributed by atoms with Crippen LogP contribution in [0, 0.1) is 5.41 Å². The van der Waals surface area contributed by atoms with Crippen molar-refractivity contribution in [1.82, 2.24) is 9.80 Å². The van der Waals surface area contributed by atoms with Crippen molar-refractivity contribution in [3.63, 3.8) is 0 Å². The first-order valence-corrected chi connectivity index (χ1v) is 12.3. The van der Waals surface area contributed by atoms with Gasteiger partial charge in [-0.25, -0.2) is 0 Å². The van der Waals surface area contributed by atoms with Crippen LogP contribution in [0.5, 0.6) is 0 Å². The van der Waals surface area contributed by atoms with E-state index in [1.165, 1.54) is 0 Å². The van der Waals surface area contributed by atoms with Crippen molar-refractivity contribution in [3.05, 3.63) is 101 Å². The molecule has 0 unspecified atom stereocenters. The Morgan fingerprint density at radius 1 is 0.973 bits per heavy atom. The van der Waals surface area contributed by atoms with Crippen LogP contribution in [-0.2, 0) is 4.79 Å². The Hall–Kier alpha value is -4.49. The summed E-state index contributed by atoms with van der Waals surface area (Å²) < 4.78 is 0. The number of fused-ring (bicyclic) bond motifs is 1. The lowest BCUT2D eigenvalue weighted by Gasteiger charge is -2.32. The smallest absolute Gasteiger partial charge is 0.256 e. The van der Waals surface area contributed by atoms with Gasteiger partial charge in [0.1, 0.15) is 0 Å². The summed E-state index contributed by atoms with van der Waals surface area (Å²) >= 11 is 0. The van der Waals surface area contributed by atoms with Gasteiger partial charge in [0.25, 0.3) is 11.8 Å². The van der Waals surface area contributed by atoms with E-state index in [2.05, 4.69) is 17.3 Å². The molecular formula is C30H29N5O2. The van der Waals surface area contributed by atoms with Crippen LogP contribution >= 0.6 is 0 Å². The quantitative estimate of drug-likeness (QED) is 0.282. The molecule has 4 N–H and O–H groups in total. The number of nitrogens with two attached hydrogens (primary N) is 1. The SMILES string of the molecule is CN1CCN(C(=O)c2cccc(/C=C/C(=N)c3ccc(/C=C4/C(=O)Nc5ccccc54)cc3N)c2)CC1. The molecule has 0 aromatic heterocycles. The van der Waals surface area contributed by atoms with Gasteiger partial charge in [0, 0.05) is 59.8 Å². The molecule has 5 rings (SSSR count). The van der Waals surface area contributed by atoms with Gasteiger partial charge in [0.15, 0.2) is 0 Å². The van der Waals surface area contributed by atoms with E-state index < -0.39 is 0 Å². The Labute approximate surface area is 216 Å². The number of hydrogen-bond acceptors (Lipinski definition) is 5. The number of allylic oxidation sites excluding steroid dienone is 1. The lowest BCUT2D eigenvalue weighted by molar-refractivity contribution is -0.110. The molecule has 3 aromatic rings. The second-order valence-electron chi connectivity index (χ2n) is 9.37. The predicted octanol–water partition coefficient (Wildman–Crippen LogP) is 4.23. The van der Waals surface area contributed by atoms with E-state index in [1.54, 1.807) is 18.2 Å². The number of carbonyl (C=O) groups excluding carboxylic acids is 2. The Kier molecular flexibility index (Phi) is 6.70. The van der Waals surface area contributed by atoms with E-state index in [-0.39, 0.29) is 17.5 Å². The lowest BCUT2D eigenvalue weighted by atomic mass is 10.0. The molecule has 7 nitrogen and oxygen atoms in total. The number of nitrogens with one attached hydrogen (secondary N) is 2. The number of nitrogen functional groups attached to an aromatic ring is 1. The molecule has 0 radical (unpaired) electrons. The van der Waals surface area contributed by atoms with Crippen molar-refractivity contribution in [1.29, 1.82) is 5.41 Å². The Morgan fingerprint density at radius 2 is 1.76 bits per heavy atom. The highest BCUT2D eigenvalue weighted by Gasteiger charge is 2.23. The van der Waals surface area contributed by atoms with E-state index in [4.69, 9.17) is 11.1 Å². The fraction of sp³-hybridized carbons (Fsp3) is 0.167. The third-order valence-electron chi connectivity index (χ3n) is 6.75. The molecule has 2 heterocycles. The monoisotopic (exact) mass is 491 g/mol. The summed E-state index contributed by atoms with van der Waals surface area (Å²) in [7, 11) is 2.06. The van der Waals surface area contributed by atoms with Crippen LogP contribution in [0.4, 0.5) is 11.4 Å². The molecule has 2 amide bonds. The van der Waals surface area contributed by atoms with Crippen LogP contribution in [0.1, 0.15) is 32.6 Å². The Morgan fingerprint density at radius 3 is 2.54 bits per heavy atom. The summed E-state index contributed by atoms with van der Waals surface area (Å²) in [5.74, 6) is -0.112. The molecule has 2 aliphatic rings. The molecule has 37 heavy (non-hydrogen) atoms. The zero-order chi connectivity index (χ0) is 25.9. The lowest BCUT2D eigenvalue weighted by Crippen LogP contribution is -2.47. The van der Waals surface area contributed by atoms with E-state index in [0.717, 1.165) is 48.6 Å². The summed E-state index contributed by atoms with van der Waals surface area (Å²) in [5.41, 5.74) is 12.1. The fourth-order valence-corrected chi connectivity index (χ4v) is 4.60. The number of amides is 2. The van der Waals surface area contributed by atoms with Gasteiger partial charge in [-0.05, 0) is 54.6 Å². The fourth-order valence-electron chi connectivity index (χ4n) is 4.60. The van der Waals surface area contributed by atoms with Gasteiger partial charge in [-0.1, -0.05) is 48.5 Å². The number of carbonyl (C=O) groups is 2. The van der Waals surface area contributed by atoms with Crippen molar-refractivity contribution in [2.75, 3.05) is 44.3 Å². The van der Waals surface area contributed by atoms with E-state index in [0.29, 0.717) is 22.4 Å². The highest BCUT2D eigenvalue weighted by atomic mass is 16.2. The van der Waals surface area contributed by atoms with Crippen LogP contribution < -0.4 is 11.1 Å². The number of rotatable bonds is 5. The van der Waals surface area contributed by atoms with Gasteiger partial charge in [0.05, 0.1) is 5.71 Å². The van der Waals surface area contributed by atoms with Crippen LogP contribution in [0.25, 0.3) is 17.7 Å². The van der Waals surface area contributed by atoms with Crippen molar-refractivity contribution < 1.29 is 9.59 Å². The first-order chi connectivity index (χ1) is 17.9. The van der Waals surface area contributed by atoms with Gasteiger partial charge in [-0.15, -0.1) is 0 Å². The van der Waals surface area contributed by atoms with E-state index in [1.807, 2.05) is 71.6 Å². The van der Waals surface area contributed by atoms with Crippen molar-refractivity contribution in [2.45, 2.75) is 0 Å². The summed E-state index contributed by atoms with van der Waals surface area (Å²) in [6.07, 6.45) is 5.31. The van der Waals surface area contributed by atoms with Crippen LogP contribution in [0.15, 0.2) is 72.8 Å². The highest BCUT2D eigenvalue weighted by molar-refractivity contribution is 6.35. The maximum Gasteiger partial charge on any atom is 0.256 e. The molecule has 0 aliphatic carbocycles. The normalized spacial score (nSPS) is 16.7. The molecule has 0 atom stereocenters. The minimum Gasteiger partial charge on any atom is -0.398 e. The topological polar surface area (TPSA) is 103 Å². The maximum absolute atomic E-state index is 12.9. The van der Waals surface area contributed by atoms with Gasteiger partial charge in [0.2, 0.25) is 0 Å². The minimum atomic E-state index is -0.146. The number of benzene rings is 3. The van der Waals surface area contributed by atoms with Gasteiger partial charge in [-0.2, -0.15) is 0 Å². The van der Waals surface area contributed by atoms with E-state index >= 15 is 0 Å². The van der Waals surface area contributed by atoms with Gasteiger partial charge in [-0.3, -0.25) is 9.59 Å². The first-order valence-electron chi connectivity index (χ1n) is 12.3. The number of nitrogens with zero attached hydrogens (tertiary/aromatic N) is 2. The number of likely N-dealkylation sites (N-methyl/N-ethyl adjacent to an activating group) is 1. The summed E-state index contributed by atoms with van der Waals surface area (Å²) in [4.78, 5) is 29.4.